The van der Waals surface area contributed by atoms with E-state index in [1.807, 2.05) is 59.8 Å². The number of nitrogens with zero attached hydrogens (tertiary/aromatic N) is 4. The minimum Gasteiger partial charge on any atom is -0.361 e. The molecule has 2 aromatic heterocycles. The highest BCUT2D eigenvalue weighted by molar-refractivity contribution is 5.88. The van der Waals surface area contributed by atoms with E-state index < -0.39 is 5.60 Å². The van der Waals surface area contributed by atoms with Crippen molar-refractivity contribution < 1.29 is 9.53 Å². The molecule has 6 heteroatoms. The first kappa shape index (κ1) is 19.8. The monoisotopic (exact) mass is 414 g/mol. The van der Waals surface area contributed by atoms with Gasteiger partial charge in [-0.15, -0.1) is 0 Å². The van der Waals surface area contributed by atoms with Gasteiger partial charge in [0, 0.05) is 57.2 Å². The lowest BCUT2D eigenvalue weighted by Crippen LogP contribution is -2.59. The van der Waals surface area contributed by atoms with Crippen LogP contribution in [0.2, 0.25) is 0 Å². The molecule has 0 unspecified atom stereocenters. The predicted octanol–water partition coefficient (Wildman–Crippen LogP) is 2.87. The van der Waals surface area contributed by atoms with Crippen molar-refractivity contribution in [2.45, 2.75) is 24.6 Å². The van der Waals surface area contributed by atoms with E-state index in [1.165, 1.54) is 0 Å². The number of rotatable bonds is 5. The molecule has 1 amide bonds. The topological polar surface area (TPSA) is 58.6 Å². The molecule has 2 saturated heterocycles. The first-order valence-electron chi connectivity index (χ1n) is 10.7. The third kappa shape index (κ3) is 3.96. The Hall–Kier alpha value is -3.09. The Morgan fingerprint density at radius 3 is 2.65 bits per heavy atom. The quantitative estimate of drug-likeness (QED) is 0.643. The minimum atomic E-state index is -0.898. The van der Waals surface area contributed by atoms with Gasteiger partial charge in [0.15, 0.2) is 5.60 Å². The first-order valence-corrected chi connectivity index (χ1v) is 10.7. The second-order valence-electron chi connectivity index (χ2n) is 8.28. The van der Waals surface area contributed by atoms with Crippen LogP contribution in [0.15, 0.2) is 79.3 Å². The van der Waals surface area contributed by atoms with Crippen molar-refractivity contribution >= 4 is 5.91 Å². The van der Waals surface area contributed by atoms with Gasteiger partial charge in [0.25, 0.3) is 5.91 Å². The molecule has 0 radical (unpaired) electrons. The van der Waals surface area contributed by atoms with Crippen molar-refractivity contribution in [1.29, 1.82) is 0 Å². The van der Waals surface area contributed by atoms with Crippen LogP contribution in [-0.4, -0.2) is 57.5 Å². The molecule has 1 spiro atoms. The number of hydrogen-bond acceptors (Lipinski definition) is 5. The SMILES string of the molecule is O=C1N(Cc2ccccc2)CCO[C@]12CN(Cc1ccccn1)C[C@@H]2c1cccnc1. The summed E-state index contributed by atoms with van der Waals surface area (Å²) < 4.78 is 6.36. The lowest BCUT2D eigenvalue weighted by Gasteiger charge is -2.42. The predicted molar refractivity (Wildman–Crippen MR) is 117 cm³/mol. The highest BCUT2D eigenvalue weighted by Gasteiger charge is 2.57. The van der Waals surface area contributed by atoms with Crippen molar-refractivity contribution in [3.63, 3.8) is 0 Å². The molecule has 158 valence electrons. The van der Waals surface area contributed by atoms with Gasteiger partial charge in [-0.05, 0) is 29.3 Å². The third-order valence-corrected chi connectivity index (χ3v) is 6.25. The van der Waals surface area contributed by atoms with Crippen LogP contribution < -0.4 is 0 Å². The van der Waals surface area contributed by atoms with E-state index in [-0.39, 0.29) is 11.8 Å². The standard InChI is InChI=1S/C25H26N4O2/c30-24-25(31-14-13-29(24)16-20-7-2-1-3-8-20)19-28(17-22-10-4-5-12-27-22)18-23(25)21-9-6-11-26-15-21/h1-12,15,23H,13-14,16-19H2/t23-,25+/m1/s1. The molecule has 2 fully saturated rings. The first-order chi connectivity index (χ1) is 15.2. The fourth-order valence-electron chi connectivity index (χ4n) is 4.80. The highest BCUT2D eigenvalue weighted by Crippen LogP contribution is 2.42. The molecule has 6 nitrogen and oxygen atoms in total. The summed E-state index contributed by atoms with van der Waals surface area (Å²) in [6.45, 7) is 3.71. The summed E-state index contributed by atoms with van der Waals surface area (Å²) in [5.41, 5.74) is 2.27. The highest BCUT2D eigenvalue weighted by atomic mass is 16.5. The maximum absolute atomic E-state index is 13.9. The smallest absolute Gasteiger partial charge is 0.257 e. The number of morpholine rings is 1. The van der Waals surface area contributed by atoms with Gasteiger partial charge >= 0.3 is 0 Å². The fourth-order valence-corrected chi connectivity index (χ4v) is 4.80. The summed E-state index contributed by atoms with van der Waals surface area (Å²) in [6, 6.07) is 20.1. The normalized spacial score (nSPS) is 24.1. The molecule has 2 atom stereocenters. The van der Waals surface area contributed by atoms with Crippen LogP contribution in [-0.2, 0) is 22.6 Å². The van der Waals surface area contributed by atoms with Gasteiger partial charge in [0.2, 0.25) is 0 Å². The Morgan fingerprint density at radius 2 is 1.87 bits per heavy atom. The average Bonchev–Trinajstić information content (AvgIpc) is 3.17. The maximum Gasteiger partial charge on any atom is 0.257 e. The van der Waals surface area contributed by atoms with E-state index in [0.717, 1.165) is 23.4 Å². The van der Waals surface area contributed by atoms with Gasteiger partial charge < -0.3 is 9.64 Å². The summed E-state index contributed by atoms with van der Waals surface area (Å²) in [6.07, 6.45) is 5.44. The van der Waals surface area contributed by atoms with Crippen LogP contribution in [0.25, 0.3) is 0 Å². The summed E-state index contributed by atoms with van der Waals surface area (Å²) in [5.74, 6) is -0.00374. The van der Waals surface area contributed by atoms with Crippen molar-refractivity contribution in [3.8, 4) is 0 Å². The van der Waals surface area contributed by atoms with Crippen LogP contribution in [0.4, 0.5) is 0 Å². The molecule has 4 heterocycles. The molecule has 1 aromatic carbocycles. The van der Waals surface area contributed by atoms with E-state index in [9.17, 15) is 4.79 Å². The Labute approximate surface area is 182 Å². The number of hydrogen-bond donors (Lipinski definition) is 0. The van der Waals surface area contributed by atoms with Crippen molar-refractivity contribution in [2.75, 3.05) is 26.2 Å². The maximum atomic E-state index is 13.9. The Kier molecular flexibility index (Phi) is 5.49. The van der Waals surface area contributed by atoms with Gasteiger partial charge in [-0.25, -0.2) is 0 Å². The zero-order valence-electron chi connectivity index (χ0n) is 17.4. The molecule has 31 heavy (non-hydrogen) atoms. The summed E-state index contributed by atoms with van der Waals surface area (Å²) in [5, 5.41) is 0. The lowest BCUT2D eigenvalue weighted by molar-refractivity contribution is -0.173. The number of pyridine rings is 2. The second-order valence-corrected chi connectivity index (χ2v) is 8.28. The molecule has 2 aliphatic heterocycles. The Balaban J connectivity index is 1.45. The molecule has 0 aliphatic carbocycles. The summed E-state index contributed by atoms with van der Waals surface area (Å²) in [7, 11) is 0. The van der Waals surface area contributed by atoms with E-state index in [4.69, 9.17) is 4.74 Å². The zero-order valence-corrected chi connectivity index (χ0v) is 17.4. The molecule has 0 bridgehead atoms. The number of ether oxygens (including phenoxy) is 1. The van der Waals surface area contributed by atoms with Gasteiger partial charge in [0.1, 0.15) is 0 Å². The molecular formula is C25H26N4O2. The number of aromatic nitrogens is 2. The number of likely N-dealkylation sites (tertiary alicyclic amines) is 1. The summed E-state index contributed by atoms with van der Waals surface area (Å²) >= 11 is 0. The molecule has 3 aromatic rings. The van der Waals surface area contributed by atoms with E-state index in [1.54, 1.807) is 6.20 Å². The fraction of sp³-hybridized carbons (Fsp3) is 0.320. The van der Waals surface area contributed by atoms with Crippen LogP contribution in [0.1, 0.15) is 22.7 Å². The number of carbonyl (C=O) groups is 1. The van der Waals surface area contributed by atoms with E-state index in [2.05, 4.69) is 33.1 Å². The van der Waals surface area contributed by atoms with Crippen molar-refractivity contribution in [2.24, 2.45) is 0 Å². The van der Waals surface area contributed by atoms with Crippen LogP contribution >= 0.6 is 0 Å². The van der Waals surface area contributed by atoms with Gasteiger partial charge in [-0.1, -0.05) is 42.5 Å². The average molecular weight is 415 g/mol. The van der Waals surface area contributed by atoms with E-state index in [0.29, 0.717) is 32.8 Å². The molecule has 0 saturated carbocycles. The second kappa shape index (κ2) is 8.57. The molecule has 0 N–H and O–H groups in total. The molecule has 5 rings (SSSR count). The lowest BCUT2D eigenvalue weighted by atomic mass is 9.83. The number of carbonyl (C=O) groups excluding carboxylic acids is 1. The number of benzene rings is 1. The largest absolute Gasteiger partial charge is 0.361 e. The zero-order chi connectivity index (χ0) is 21.1. The molecular weight excluding hydrogens is 388 g/mol. The molecule has 2 aliphatic rings. The van der Waals surface area contributed by atoms with Crippen LogP contribution in [0.5, 0.6) is 0 Å². The number of amides is 1. The summed E-state index contributed by atoms with van der Waals surface area (Å²) in [4.78, 5) is 26.9. The van der Waals surface area contributed by atoms with Crippen LogP contribution in [0.3, 0.4) is 0 Å². The van der Waals surface area contributed by atoms with Crippen molar-refractivity contribution in [3.05, 3.63) is 96.1 Å². The minimum absolute atomic E-state index is 0.0694. The van der Waals surface area contributed by atoms with Gasteiger partial charge in [0.05, 0.1) is 12.3 Å². The van der Waals surface area contributed by atoms with Gasteiger partial charge in [-0.2, -0.15) is 0 Å². The van der Waals surface area contributed by atoms with Crippen molar-refractivity contribution in [1.82, 2.24) is 19.8 Å². The third-order valence-electron chi connectivity index (χ3n) is 6.25. The Morgan fingerprint density at radius 1 is 1.00 bits per heavy atom. The van der Waals surface area contributed by atoms with E-state index >= 15 is 0 Å². The van der Waals surface area contributed by atoms with Crippen LogP contribution in [0, 0.1) is 0 Å². The Bertz CT molecular complexity index is 1020. The van der Waals surface area contributed by atoms with Gasteiger partial charge in [-0.3, -0.25) is 19.7 Å².